The van der Waals surface area contributed by atoms with Crippen molar-refractivity contribution in [3.8, 4) is 0 Å². The summed E-state index contributed by atoms with van der Waals surface area (Å²) in [6.45, 7) is 0.741. The van der Waals surface area contributed by atoms with Gasteiger partial charge < -0.3 is 5.73 Å². The van der Waals surface area contributed by atoms with Crippen molar-refractivity contribution in [3.05, 3.63) is 34.9 Å². The molecule has 2 heteroatoms. The van der Waals surface area contributed by atoms with Gasteiger partial charge in [-0.05, 0) is 48.9 Å². The predicted molar refractivity (Wildman–Crippen MR) is 56.0 cm³/mol. The molecule has 2 rings (SSSR count). The minimum Gasteiger partial charge on any atom is -0.330 e. The van der Waals surface area contributed by atoms with Crippen LogP contribution in [0.4, 0.5) is 0 Å². The molecule has 1 unspecified atom stereocenters. The Kier molecular flexibility index (Phi) is 2.56. The normalized spacial score (nSPS) is 18.6. The Morgan fingerprint density at radius 3 is 2.77 bits per heavy atom. The summed E-state index contributed by atoms with van der Waals surface area (Å²) in [6, 6.07) is 8.08. The Morgan fingerprint density at radius 2 is 2.23 bits per heavy atom. The smallest absolute Gasteiger partial charge is 0.0408 e. The molecule has 13 heavy (non-hydrogen) atoms. The van der Waals surface area contributed by atoms with Gasteiger partial charge in [0.2, 0.25) is 0 Å². The van der Waals surface area contributed by atoms with Gasteiger partial charge in [-0.2, -0.15) is 0 Å². The van der Waals surface area contributed by atoms with Crippen LogP contribution >= 0.6 is 11.6 Å². The molecule has 1 nitrogen and oxygen atoms in total. The Morgan fingerprint density at radius 1 is 1.46 bits per heavy atom. The summed E-state index contributed by atoms with van der Waals surface area (Å²) in [7, 11) is 0. The average molecular weight is 196 g/mol. The second kappa shape index (κ2) is 3.69. The molecule has 0 saturated heterocycles. The summed E-state index contributed by atoms with van der Waals surface area (Å²) in [4.78, 5) is 0. The lowest BCUT2D eigenvalue weighted by molar-refractivity contribution is 0.616. The van der Waals surface area contributed by atoms with E-state index in [9.17, 15) is 0 Å². The highest BCUT2D eigenvalue weighted by atomic mass is 35.5. The fourth-order valence-corrected chi connectivity index (χ4v) is 2.04. The van der Waals surface area contributed by atoms with Gasteiger partial charge in [0.25, 0.3) is 0 Å². The molecule has 0 radical (unpaired) electrons. The number of hydrogen-bond donors (Lipinski definition) is 1. The molecule has 1 fully saturated rings. The minimum atomic E-state index is 0.527. The third-order valence-electron chi connectivity index (χ3n) is 2.72. The maximum Gasteiger partial charge on any atom is 0.0408 e. The van der Waals surface area contributed by atoms with Gasteiger partial charge in [0.15, 0.2) is 0 Å². The maximum absolute atomic E-state index is 5.93. The van der Waals surface area contributed by atoms with E-state index in [1.807, 2.05) is 18.2 Å². The lowest BCUT2D eigenvalue weighted by Crippen LogP contribution is -2.14. The zero-order valence-corrected chi connectivity index (χ0v) is 8.30. The second-order valence-electron chi connectivity index (χ2n) is 3.73. The van der Waals surface area contributed by atoms with E-state index in [0.717, 1.165) is 17.5 Å². The molecule has 1 aliphatic rings. The molecule has 1 atom stereocenters. The molecule has 0 amide bonds. The van der Waals surface area contributed by atoms with Gasteiger partial charge in [0.1, 0.15) is 0 Å². The molecule has 70 valence electrons. The predicted octanol–water partition coefficient (Wildman–Crippen LogP) is 2.79. The standard InChI is InChI=1S/C11H14ClN/c12-10-3-1-2-9(6-10)11(7-13)8-4-5-8/h1-3,6,8,11H,4-5,7,13H2. The van der Waals surface area contributed by atoms with Crippen LogP contribution in [0.25, 0.3) is 0 Å². The van der Waals surface area contributed by atoms with E-state index < -0.39 is 0 Å². The van der Waals surface area contributed by atoms with Crippen LogP contribution in [-0.4, -0.2) is 6.54 Å². The first-order chi connectivity index (χ1) is 6.31. The van der Waals surface area contributed by atoms with Gasteiger partial charge in [-0.3, -0.25) is 0 Å². The highest BCUT2D eigenvalue weighted by Gasteiger charge is 2.31. The second-order valence-corrected chi connectivity index (χ2v) is 4.17. The van der Waals surface area contributed by atoms with Crippen LogP contribution in [0.15, 0.2) is 24.3 Å². The van der Waals surface area contributed by atoms with Gasteiger partial charge in [0.05, 0.1) is 0 Å². The molecular weight excluding hydrogens is 182 g/mol. The molecular formula is C11H14ClN. The largest absolute Gasteiger partial charge is 0.330 e. The van der Waals surface area contributed by atoms with Crippen LogP contribution in [0.1, 0.15) is 24.3 Å². The van der Waals surface area contributed by atoms with Crippen LogP contribution in [0, 0.1) is 5.92 Å². The van der Waals surface area contributed by atoms with E-state index in [0.29, 0.717) is 5.92 Å². The van der Waals surface area contributed by atoms with Crippen molar-refractivity contribution in [2.75, 3.05) is 6.54 Å². The van der Waals surface area contributed by atoms with Crippen molar-refractivity contribution in [1.29, 1.82) is 0 Å². The van der Waals surface area contributed by atoms with Crippen molar-refractivity contribution in [2.24, 2.45) is 11.7 Å². The lowest BCUT2D eigenvalue weighted by Gasteiger charge is -2.13. The lowest BCUT2D eigenvalue weighted by atomic mass is 9.94. The molecule has 0 spiro atoms. The first-order valence-electron chi connectivity index (χ1n) is 4.77. The third-order valence-corrected chi connectivity index (χ3v) is 2.96. The van der Waals surface area contributed by atoms with E-state index in [1.54, 1.807) is 0 Å². The van der Waals surface area contributed by atoms with E-state index in [-0.39, 0.29) is 0 Å². The quantitative estimate of drug-likeness (QED) is 0.789. The highest BCUT2D eigenvalue weighted by molar-refractivity contribution is 6.30. The van der Waals surface area contributed by atoms with E-state index in [1.165, 1.54) is 18.4 Å². The number of benzene rings is 1. The summed E-state index contributed by atoms with van der Waals surface area (Å²) >= 11 is 5.93. The molecule has 0 aliphatic heterocycles. The SMILES string of the molecule is NCC(c1cccc(Cl)c1)C1CC1. The monoisotopic (exact) mass is 195 g/mol. The fraction of sp³-hybridized carbons (Fsp3) is 0.455. The van der Waals surface area contributed by atoms with Crippen LogP contribution in [0.2, 0.25) is 5.02 Å². The number of hydrogen-bond acceptors (Lipinski definition) is 1. The van der Waals surface area contributed by atoms with Crippen LogP contribution in [0.5, 0.6) is 0 Å². The van der Waals surface area contributed by atoms with Crippen molar-refractivity contribution in [2.45, 2.75) is 18.8 Å². The van der Waals surface area contributed by atoms with Crippen LogP contribution in [0.3, 0.4) is 0 Å². The van der Waals surface area contributed by atoms with Gasteiger partial charge in [-0.25, -0.2) is 0 Å². The average Bonchev–Trinajstić information content (AvgIpc) is 2.90. The Labute approximate surface area is 83.9 Å². The van der Waals surface area contributed by atoms with E-state index in [4.69, 9.17) is 17.3 Å². The highest BCUT2D eigenvalue weighted by Crippen LogP contribution is 2.42. The Bertz CT molecular complexity index is 294. The van der Waals surface area contributed by atoms with Crippen molar-refractivity contribution in [1.82, 2.24) is 0 Å². The molecule has 1 saturated carbocycles. The van der Waals surface area contributed by atoms with Gasteiger partial charge >= 0.3 is 0 Å². The molecule has 1 aliphatic carbocycles. The van der Waals surface area contributed by atoms with Gasteiger partial charge in [-0.15, -0.1) is 0 Å². The number of rotatable bonds is 3. The Balaban J connectivity index is 2.21. The fourth-order valence-electron chi connectivity index (χ4n) is 1.84. The van der Waals surface area contributed by atoms with E-state index in [2.05, 4.69) is 6.07 Å². The first kappa shape index (κ1) is 9.04. The van der Waals surface area contributed by atoms with Crippen molar-refractivity contribution < 1.29 is 0 Å². The zero-order chi connectivity index (χ0) is 9.26. The molecule has 0 bridgehead atoms. The third kappa shape index (κ3) is 2.04. The first-order valence-corrected chi connectivity index (χ1v) is 5.14. The summed E-state index contributed by atoms with van der Waals surface area (Å²) < 4.78 is 0. The summed E-state index contributed by atoms with van der Waals surface area (Å²) in [6.07, 6.45) is 2.66. The summed E-state index contributed by atoms with van der Waals surface area (Å²) in [5.74, 6) is 1.34. The van der Waals surface area contributed by atoms with Crippen LogP contribution < -0.4 is 5.73 Å². The van der Waals surface area contributed by atoms with Gasteiger partial charge in [-0.1, -0.05) is 23.7 Å². The number of halogens is 1. The minimum absolute atomic E-state index is 0.527. The molecule has 0 aromatic heterocycles. The van der Waals surface area contributed by atoms with Crippen LogP contribution in [-0.2, 0) is 0 Å². The van der Waals surface area contributed by atoms with Crippen molar-refractivity contribution in [3.63, 3.8) is 0 Å². The molecule has 0 heterocycles. The van der Waals surface area contributed by atoms with Gasteiger partial charge in [0, 0.05) is 5.02 Å². The van der Waals surface area contributed by atoms with Crippen molar-refractivity contribution >= 4 is 11.6 Å². The Hall–Kier alpha value is -0.530. The summed E-state index contributed by atoms with van der Waals surface area (Å²) in [5.41, 5.74) is 7.06. The molecule has 2 N–H and O–H groups in total. The topological polar surface area (TPSA) is 26.0 Å². The molecule has 1 aromatic rings. The molecule has 1 aromatic carbocycles. The zero-order valence-electron chi connectivity index (χ0n) is 7.54. The summed E-state index contributed by atoms with van der Waals surface area (Å²) in [5, 5.41) is 0.816. The maximum atomic E-state index is 5.93. The number of nitrogens with two attached hydrogens (primary N) is 1. The van der Waals surface area contributed by atoms with E-state index >= 15 is 0 Å².